The fraction of sp³-hybridized carbons (Fsp3) is 0.0909. The number of aromatic nitrogens is 1. The van der Waals surface area contributed by atoms with Gasteiger partial charge in [0.1, 0.15) is 0 Å². The molecule has 2 aromatic rings. The summed E-state index contributed by atoms with van der Waals surface area (Å²) >= 11 is 1.86. The van der Waals surface area contributed by atoms with Crippen molar-refractivity contribution >= 4 is 51.8 Å². The minimum absolute atomic E-state index is 0.168. The summed E-state index contributed by atoms with van der Waals surface area (Å²) in [5, 5.41) is 0.247. The van der Waals surface area contributed by atoms with Gasteiger partial charge in [0.25, 0.3) is 0 Å². The molecule has 1 aromatic heterocycles. The molecule has 0 atom stereocenters. The van der Waals surface area contributed by atoms with Crippen molar-refractivity contribution in [3.05, 3.63) is 39.7 Å². The largest absolute Gasteiger partial charge is 0.398 e. The van der Waals surface area contributed by atoms with Crippen molar-refractivity contribution in [3.63, 3.8) is 0 Å². The Hall–Kier alpha value is -1.02. The van der Waals surface area contributed by atoms with Gasteiger partial charge >= 0.3 is 0 Å². The van der Waals surface area contributed by atoms with Gasteiger partial charge in [0.2, 0.25) is 10.5 Å². The summed E-state index contributed by atoms with van der Waals surface area (Å²) in [7, 11) is 0.994. The number of anilines is 1. The number of rotatable bonds is 1. The minimum Gasteiger partial charge on any atom is -0.398 e. The van der Waals surface area contributed by atoms with Crippen LogP contribution in [0.2, 0.25) is 0 Å². The lowest BCUT2D eigenvalue weighted by molar-refractivity contribution is 0.109. The molecule has 0 fully saturated rings. The van der Waals surface area contributed by atoms with E-state index in [9.17, 15) is 9.59 Å². The molecule has 0 aliphatic heterocycles. The lowest BCUT2D eigenvalue weighted by atomic mass is 10.1. The Labute approximate surface area is 114 Å². The number of fused-ring (bicyclic) bond motifs is 1. The van der Waals surface area contributed by atoms with E-state index in [1.807, 2.05) is 28.1 Å². The normalized spacial score (nSPS) is 10.7. The molecule has 0 saturated carbocycles. The topological polar surface area (TPSA) is 76.0 Å². The van der Waals surface area contributed by atoms with Crippen molar-refractivity contribution in [1.82, 2.24) is 4.98 Å². The van der Waals surface area contributed by atoms with Gasteiger partial charge in [-0.3, -0.25) is 9.59 Å². The zero-order chi connectivity index (χ0) is 12.6. The molecule has 0 spiro atoms. The second-order valence-electron chi connectivity index (χ2n) is 3.65. The Morgan fingerprint density at radius 2 is 2.18 bits per heavy atom. The first-order chi connectivity index (χ1) is 8.04. The molecule has 1 aromatic carbocycles. The quantitative estimate of drug-likeness (QED) is 0.606. The fourth-order valence-electron chi connectivity index (χ4n) is 1.59. The molecule has 0 aliphatic carbocycles. The highest BCUT2D eigenvalue weighted by atomic mass is 127. The molecular formula is C11H9IN2O2S. The molecule has 0 saturated heterocycles. The highest BCUT2D eigenvalue weighted by Crippen LogP contribution is 2.20. The van der Waals surface area contributed by atoms with E-state index in [-0.39, 0.29) is 16.1 Å². The summed E-state index contributed by atoms with van der Waals surface area (Å²) in [6.07, 6.45) is 1.44. The van der Waals surface area contributed by atoms with Crippen LogP contribution in [0.1, 0.15) is 15.9 Å². The van der Waals surface area contributed by atoms with E-state index in [4.69, 9.17) is 5.73 Å². The van der Waals surface area contributed by atoms with Crippen LogP contribution in [-0.2, 0) is 0 Å². The van der Waals surface area contributed by atoms with Crippen LogP contribution < -0.4 is 11.2 Å². The lowest BCUT2D eigenvalue weighted by Crippen LogP contribution is -2.13. The average molecular weight is 360 g/mol. The number of benzene rings is 1. The van der Waals surface area contributed by atoms with Crippen LogP contribution in [0.4, 0.5) is 5.69 Å². The highest BCUT2D eigenvalue weighted by Gasteiger charge is 2.13. The standard InChI is InChI=1S/C11H9IN2O2S/c1-5-2-6-9(3-8(5)13)14-4-7(10(6)15)11(16)17-12/h2-4H,13H2,1H3,(H,14,15). The van der Waals surface area contributed by atoms with E-state index in [0.29, 0.717) is 16.6 Å². The maximum atomic E-state index is 12.1. The number of nitrogens with two attached hydrogens (primary N) is 1. The first-order valence-corrected chi connectivity index (χ1v) is 8.15. The van der Waals surface area contributed by atoms with Crippen LogP contribution >= 0.6 is 30.1 Å². The second kappa shape index (κ2) is 4.69. The summed E-state index contributed by atoms with van der Waals surface area (Å²) in [6.45, 7) is 1.83. The van der Waals surface area contributed by atoms with Gasteiger partial charge < -0.3 is 10.7 Å². The third kappa shape index (κ3) is 2.19. The minimum atomic E-state index is -0.254. The molecule has 88 valence electrons. The zero-order valence-electron chi connectivity index (χ0n) is 8.91. The summed E-state index contributed by atoms with van der Waals surface area (Å²) in [5.41, 5.74) is 7.78. The number of hydrogen-bond acceptors (Lipinski definition) is 4. The number of nitrogen functional groups attached to an aromatic ring is 1. The number of carbonyl (C=O) groups excluding carboxylic acids is 1. The molecule has 3 N–H and O–H groups in total. The Bertz CT molecular complexity index is 666. The van der Waals surface area contributed by atoms with Crippen LogP contribution in [-0.4, -0.2) is 10.1 Å². The van der Waals surface area contributed by atoms with Crippen molar-refractivity contribution in [3.8, 4) is 0 Å². The van der Waals surface area contributed by atoms with Crippen molar-refractivity contribution < 1.29 is 4.79 Å². The van der Waals surface area contributed by atoms with Crippen molar-refractivity contribution in [2.45, 2.75) is 6.92 Å². The first-order valence-electron chi connectivity index (χ1n) is 4.79. The van der Waals surface area contributed by atoms with Gasteiger partial charge in [-0.25, -0.2) is 0 Å². The molecule has 0 unspecified atom stereocenters. The van der Waals surface area contributed by atoms with Crippen molar-refractivity contribution in [2.75, 3.05) is 5.73 Å². The highest BCUT2D eigenvalue weighted by molar-refractivity contribution is 14.2. The predicted molar refractivity (Wildman–Crippen MR) is 79.7 cm³/mol. The molecule has 0 bridgehead atoms. The van der Waals surface area contributed by atoms with Crippen LogP contribution in [0.3, 0.4) is 0 Å². The summed E-state index contributed by atoms with van der Waals surface area (Å²) < 4.78 is 0. The van der Waals surface area contributed by atoms with Gasteiger partial charge in [-0.05, 0) is 33.6 Å². The molecule has 2 rings (SSSR count). The van der Waals surface area contributed by atoms with Crippen molar-refractivity contribution in [1.29, 1.82) is 0 Å². The molecule has 17 heavy (non-hydrogen) atoms. The van der Waals surface area contributed by atoms with Gasteiger partial charge in [0, 0.05) is 38.5 Å². The number of H-pyrrole nitrogens is 1. The second-order valence-corrected chi connectivity index (χ2v) is 5.50. The molecule has 6 heteroatoms. The lowest BCUT2D eigenvalue weighted by Gasteiger charge is -2.04. The third-order valence-corrected chi connectivity index (χ3v) is 4.12. The van der Waals surface area contributed by atoms with Gasteiger partial charge in [-0.15, -0.1) is 0 Å². The first kappa shape index (κ1) is 12.4. The maximum Gasteiger partial charge on any atom is 0.234 e. The van der Waals surface area contributed by atoms with E-state index in [0.717, 1.165) is 14.5 Å². The molecule has 4 nitrogen and oxygen atoms in total. The van der Waals surface area contributed by atoms with Crippen LogP contribution in [0.15, 0.2) is 23.1 Å². The summed E-state index contributed by atoms with van der Waals surface area (Å²) in [5.74, 6) is 0. The predicted octanol–water partition coefficient (Wildman–Crippen LogP) is 2.64. The van der Waals surface area contributed by atoms with Crippen LogP contribution in [0.5, 0.6) is 0 Å². The third-order valence-electron chi connectivity index (χ3n) is 2.56. The van der Waals surface area contributed by atoms with Crippen LogP contribution in [0.25, 0.3) is 10.9 Å². The monoisotopic (exact) mass is 360 g/mol. The van der Waals surface area contributed by atoms with Gasteiger partial charge in [0.15, 0.2) is 0 Å². The van der Waals surface area contributed by atoms with Crippen molar-refractivity contribution in [2.24, 2.45) is 0 Å². The van der Waals surface area contributed by atoms with E-state index >= 15 is 0 Å². The Morgan fingerprint density at radius 1 is 1.47 bits per heavy atom. The zero-order valence-corrected chi connectivity index (χ0v) is 11.9. The fourth-order valence-corrected chi connectivity index (χ4v) is 2.53. The Morgan fingerprint density at radius 3 is 2.82 bits per heavy atom. The number of pyridine rings is 1. The number of aromatic amines is 1. The number of halogens is 1. The van der Waals surface area contributed by atoms with E-state index in [2.05, 4.69) is 4.98 Å². The van der Waals surface area contributed by atoms with E-state index in [1.54, 1.807) is 12.1 Å². The van der Waals surface area contributed by atoms with E-state index < -0.39 is 0 Å². The van der Waals surface area contributed by atoms with Gasteiger partial charge in [-0.1, -0.05) is 0 Å². The number of hydrogen-bond donors (Lipinski definition) is 2. The van der Waals surface area contributed by atoms with Gasteiger partial charge in [-0.2, -0.15) is 0 Å². The smallest absolute Gasteiger partial charge is 0.234 e. The summed E-state index contributed by atoms with van der Waals surface area (Å²) in [6, 6.07) is 3.41. The Balaban J connectivity index is 2.80. The van der Waals surface area contributed by atoms with E-state index in [1.165, 1.54) is 6.20 Å². The van der Waals surface area contributed by atoms with Crippen LogP contribution in [0, 0.1) is 6.92 Å². The average Bonchev–Trinajstić information content (AvgIpc) is 2.31. The number of nitrogens with one attached hydrogen (secondary N) is 1. The van der Waals surface area contributed by atoms with Gasteiger partial charge in [0.05, 0.1) is 11.1 Å². The molecule has 0 radical (unpaired) electrons. The molecule has 0 amide bonds. The number of aryl methyl sites for hydroxylation is 1. The Kier molecular flexibility index (Phi) is 3.43. The molecule has 1 heterocycles. The molecule has 0 aliphatic rings. The SMILES string of the molecule is Cc1cc2c(=O)c(C(=O)SI)c[nH]c2cc1N. The molecular weight excluding hydrogens is 351 g/mol. The maximum absolute atomic E-state index is 12.1. The number of carbonyl (C=O) groups is 1. The summed E-state index contributed by atoms with van der Waals surface area (Å²) in [4.78, 5) is 26.6.